The Bertz CT molecular complexity index is 3200. The summed E-state index contributed by atoms with van der Waals surface area (Å²) in [5.41, 5.74) is 0.673. The Hall–Kier alpha value is -5.85. The van der Waals surface area contributed by atoms with Gasteiger partial charge in [0.2, 0.25) is 15.7 Å². The fourth-order valence-electron chi connectivity index (χ4n) is 9.00. The summed E-state index contributed by atoms with van der Waals surface area (Å²) in [6, 6.07) is 13.7. The lowest BCUT2D eigenvalue weighted by Crippen LogP contribution is -2.29. The van der Waals surface area contributed by atoms with Gasteiger partial charge < -0.3 is 24.8 Å². The van der Waals surface area contributed by atoms with Gasteiger partial charge in [0, 0.05) is 80.4 Å². The molecule has 3 N–H and O–H groups in total. The van der Waals surface area contributed by atoms with Crippen molar-refractivity contribution in [3.8, 4) is 6.07 Å². The van der Waals surface area contributed by atoms with Crippen LogP contribution in [0.3, 0.4) is 0 Å². The summed E-state index contributed by atoms with van der Waals surface area (Å²) in [7, 11) is -2.59. The van der Waals surface area contributed by atoms with Crippen molar-refractivity contribution in [1.29, 1.82) is 5.26 Å². The number of para-hydroxylation sites is 1. The normalized spacial score (nSPS) is 21.8. The van der Waals surface area contributed by atoms with Gasteiger partial charge in [-0.2, -0.15) is 19.8 Å². The number of hydrogen-bond donors (Lipinski definition) is 3. The highest BCUT2D eigenvalue weighted by Crippen LogP contribution is 2.36. The zero-order valence-corrected chi connectivity index (χ0v) is 39.1. The van der Waals surface area contributed by atoms with E-state index in [0.29, 0.717) is 41.9 Å². The number of aromatic amines is 2. The van der Waals surface area contributed by atoms with Crippen molar-refractivity contribution in [3.63, 3.8) is 0 Å². The third kappa shape index (κ3) is 10.1. The number of hydrogen-bond acceptors (Lipinski definition) is 14. The minimum Gasteiger partial charge on any atom is -0.381 e. The monoisotopic (exact) mass is 972 g/mol. The molecular formula is C44H49ClN12O8S2. The Labute approximate surface area is 390 Å². The summed E-state index contributed by atoms with van der Waals surface area (Å²) in [6.45, 7) is 16.5. The topological polar surface area (TPSA) is 256 Å². The molecule has 4 unspecified atom stereocenters. The molecule has 10 rings (SSSR count). The van der Waals surface area contributed by atoms with Crippen molar-refractivity contribution in [2.24, 2.45) is 11.8 Å². The highest BCUT2D eigenvalue weighted by Gasteiger charge is 2.40. The van der Waals surface area contributed by atoms with Crippen LogP contribution in [0, 0.1) is 29.7 Å². The zero-order valence-electron chi connectivity index (χ0n) is 36.7. The van der Waals surface area contributed by atoms with Crippen LogP contribution < -0.4 is 16.4 Å². The minimum atomic E-state index is -3.86. The largest absolute Gasteiger partial charge is 0.381 e. The maximum absolute atomic E-state index is 13.3. The van der Waals surface area contributed by atoms with Gasteiger partial charge in [0.25, 0.3) is 20.2 Å². The Morgan fingerprint density at radius 2 is 1.27 bits per heavy atom. The Kier molecular flexibility index (Phi) is 14.3. The smallest absolute Gasteiger partial charge is 0.276 e. The second-order valence-electron chi connectivity index (χ2n) is 17.1. The van der Waals surface area contributed by atoms with Gasteiger partial charge in [-0.15, -0.1) is 0 Å². The van der Waals surface area contributed by atoms with Gasteiger partial charge >= 0.3 is 0 Å². The van der Waals surface area contributed by atoms with Crippen LogP contribution in [0.2, 0.25) is 0 Å². The van der Waals surface area contributed by atoms with Crippen molar-refractivity contribution in [2.45, 2.75) is 73.0 Å². The Balaban J connectivity index is 0.000000153. The molecule has 23 heteroatoms. The van der Waals surface area contributed by atoms with Gasteiger partial charge in [-0.25, -0.2) is 40.7 Å². The molecule has 352 valence electrons. The van der Waals surface area contributed by atoms with E-state index in [9.17, 15) is 26.4 Å². The fourth-order valence-corrected chi connectivity index (χ4v) is 11.7. The number of benzene rings is 2. The average Bonchev–Trinajstić information content (AvgIpc) is 4.16. The number of aromatic nitrogens is 8. The molecule has 0 amide bonds. The predicted octanol–water partition coefficient (Wildman–Crippen LogP) is 4.41. The lowest BCUT2D eigenvalue weighted by atomic mass is 9.97. The molecule has 0 radical (unpaired) electrons. The fraction of sp³-hybridized carbons (Fsp3) is 0.455. The quantitative estimate of drug-likeness (QED) is 0.148. The molecule has 20 nitrogen and oxygen atoms in total. The third-order valence-electron chi connectivity index (χ3n) is 12.7. The number of rotatable bonds is 7. The van der Waals surface area contributed by atoms with Crippen LogP contribution in [-0.2, 0) is 28.5 Å². The van der Waals surface area contributed by atoms with Gasteiger partial charge in [-0.1, -0.05) is 50.2 Å². The van der Waals surface area contributed by atoms with Crippen LogP contribution in [-0.4, -0.2) is 113 Å². The molecular weight excluding hydrogens is 924 g/mol. The highest BCUT2D eigenvalue weighted by molar-refractivity contribution is 8.13. The first-order valence-electron chi connectivity index (χ1n) is 21.9. The van der Waals surface area contributed by atoms with Gasteiger partial charge in [-0.05, 0) is 56.2 Å². The maximum atomic E-state index is 13.3. The van der Waals surface area contributed by atoms with E-state index in [1.165, 1.54) is 40.8 Å². The molecule has 8 heterocycles. The summed E-state index contributed by atoms with van der Waals surface area (Å²) in [5, 5.41) is 21.3. The number of halogens is 1. The first kappa shape index (κ1) is 47.6. The van der Waals surface area contributed by atoms with Crippen LogP contribution in [0.25, 0.3) is 15.9 Å². The second kappa shape index (κ2) is 20.2. The van der Waals surface area contributed by atoms with Crippen molar-refractivity contribution in [2.75, 3.05) is 52.6 Å². The van der Waals surface area contributed by atoms with Gasteiger partial charge in [-0.3, -0.25) is 9.59 Å². The van der Waals surface area contributed by atoms with Gasteiger partial charge in [0.1, 0.15) is 34.3 Å². The van der Waals surface area contributed by atoms with Crippen LogP contribution >= 0.6 is 10.7 Å². The molecule has 0 saturated carbocycles. The lowest BCUT2D eigenvalue weighted by Gasteiger charge is -2.21. The first-order valence-corrected chi connectivity index (χ1v) is 25.7. The third-order valence-corrected chi connectivity index (χ3v) is 16.0. The Morgan fingerprint density at radius 3 is 1.76 bits per heavy atom. The highest BCUT2D eigenvalue weighted by atomic mass is 35.7. The first-order chi connectivity index (χ1) is 32.2. The van der Waals surface area contributed by atoms with E-state index in [1.54, 1.807) is 39.5 Å². The van der Waals surface area contributed by atoms with Crippen molar-refractivity contribution in [3.05, 3.63) is 122 Å². The number of imidazole rings is 2. The second-order valence-corrected chi connectivity index (χ2v) is 21.5. The van der Waals surface area contributed by atoms with Crippen LogP contribution in [0.4, 0.5) is 5.69 Å². The standard InChI is InChI=1S/C22H24N6O4S.C15H21N5O2.C7H4ClNO2S/c1-14-12-27(33(30,31)19-6-4-3-5-17(19)23-2)13-16(14)20-25-22(29)18-11-24-21(28(18)26-20)15-7-9-32-10-8-15;1-9-6-16-7-11(9)13-18-15(21)12-8-17-14(20(12)19-13)10-2-4-22-5-3-10;8-12(10,11)7-4-2-1-3-6(7)5-9/h3-6,11,14-16H,7-10,12-13H2,1H3,(H,25,26,29);8-11,16H,2-7H2,1H3,(H,18,19,21);1-4H. The molecule has 0 aliphatic carbocycles. The molecule has 4 atom stereocenters. The number of H-pyrrole nitrogens is 2. The van der Waals surface area contributed by atoms with E-state index in [0.717, 1.165) is 69.5 Å². The molecule has 4 aromatic heterocycles. The molecule has 4 fully saturated rings. The number of nitrogens with one attached hydrogen (secondary N) is 3. The number of nitriles is 1. The van der Waals surface area contributed by atoms with Gasteiger partial charge in [0.05, 0.1) is 29.4 Å². The average molecular weight is 974 g/mol. The Morgan fingerprint density at radius 1 is 0.746 bits per heavy atom. The minimum absolute atomic E-state index is 0.00108. The van der Waals surface area contributed by atoms with E-state index in [2.05, 4.69) is 37.0 Å². The SMILES string of the molecule is CC1CNCC1c1nn2c(C3CCOCC3)ncc2c(=O)[nH]1.N#Cc1ccccc1S(=O)(=O)Cl.[C-]#[N+]c1ccccc1S(=O)(=O)N1CC(C)C(c2nn3c(C4CCOCC4)ncc3c(=O)[nH]2)C1. The lowest BCUT2D eigenvalue weighted by molar-refractivity contribution is 0.0831. The molecule has 67 heavy (non-hydrogen) atoms. The predicted molar refractivity (Wildman–Crippen MR) is 245 cm³/mol. The van der Waals surface area contributed by atoms with Crippen LogP contribution in [0.1, 0.15) is 92.1 Å². The molecule has 6 aromatic rings. The number of nitrogens with zero attached hydrogens (tertiary/aromatic N) is 9. The maximum Gasteiger partial charge on any atom is 0.276 e. The van der Waals surface area contributed by atoms with E-state index in [-0.39, 0.29) is 68.9 Å². The van der Waals surface area contributed by atoms with Gasteiger partial charge in [0.15, 0.2) is 11.0 Å². The molecule has 4 aliphatic rings. The molecule has 4 aliphatic heterocycles. The number of ether oxygens (including phenoxy) is 2. The molecule has 2 aromatic carbocycles. The summed E-state index contributed by atoms with van der Waals surface area (Å²) < 4.78 is 63.9. The van der Waals surface area contributed by atoms with Crippen molar-refractivity contribution >= 4 is 46.5 Å². The van der Waals surface area contributed by atoms with E-state index in [1.807, 2.05) is 6.92 Å². The number of fused-ring (bicyclic) bond motifs is 2. The molecule has 0 bridgehead atoms. The molecule has 4 saturated heterocycles. The van der Waals surface area contributed by atoms with Crippen molar-refractivity contribution in [1.82, 2.24) is 48.8 Å². The summed E-state index contributed by atoms with van der Waals surface area (Å²) in [6.07, 6.45) is 6.67. The van der Waals surface area contributed by atoms with Crippen LogP contribution in [0.5, 0.6) is 0 Å². The van der Waals surface area contributed by atoms with Crippen molar-refractivity contribution < 1.29 is 26.3 Å². The number of sulfonamides is 1. The van der Waals surface area contributed by atoms with E-state index >= 15 is 0 Å². The van der Waals surface area contributed by atoms with E-state index in [4.69, 9.17) is 42.2 Å². The summed E-state index contributed by atoms with van der Waals surface area (Å²) in [4.78, 5) is 43.1. The zero-order chi connectivity index (χ0) is 47.5. The van der Waals surface area contributed by atoms with E-state index < -0.39 is 19.1 Å². The molecule has 0 spiro atoms. The summed E-state index contributed by atoms with van der Waals surface area (Å²) >= 11 is 0. The summed E-state index contributed by atoms with van der Waals surface area (Å²) in [5.74, 6) is 3.67. The van der Waals surface area contributed by atoms with Crippen LogP contribution in [0.15, 0.2) is 80.3 Å².